The molecule has 2 rings (SSSR count). The highest BCUT2D eigenvalue weighted by Crippen LogP contribution is 2.06. The lowest BCUT2D eigenvalue weighted by atomic mass is 10.5. The molecule has 0 aliphatic rings. The molecule has 0 atom stereocenters. The maximum absolute atomic E-state index is 4.29. The van der Waals surface area contributed by atoms with E-state index in [1.54, 1.807) is 6.33 Å². The molecular formula is C8H10N4. The summed E-state index contributed by atoms with van der Waals surface area (Å²) < 4.78 is 1.89. The molecule has 2 aromatic rings. The predicted molar refractivity (Wildman–Crippen MR) is 45.0 cm³/mol. The Hall–Kier alpha value is -1.45. The van der Waals surface area contributed by atoms with Gasteiger partial charge >= 0.3 is 0 Å². The smallest absolute Gasteiger partial charge is 0.162 e. The van der Waals surface area contributed by atoms with Gasteiger partial charge in [-0.2, -0.15) is 0 Å². The van der Waals surface area contributed by atoms with E-state index in [0.717, 1.165) is 23.0 Å². The van der Waals surface area contributed by atoms with Crippen LogP contribution in [0.25, 0.3) is 5.65 Å². The zero-order valence-electron chi connectivity index (χ0n) is 7.37. The van der Waals surface area contributed by atoms with Gasteiger partial charge in [0.2, 0.25) is 0 Å². The molecule has 0 fully saturated rings. The van der Waals surface area contributed by atoms with E-state index in [2.05, 4.69) is 15.0 Å². The second-order valence-electron chi connectivity index (χ2n) is 2.84. The fourth-order valence-electron chi connectivity index (χ4n) is 1.27. The van der Waals surface area contributed by atoms with Crippen molar-refractivity contribution in [3.05, 3.63) is 23.7 Å². The van der Waals surface area contributed by atoms with Gasteiger partial charge in [-0.1, -0.05) is 0 Å². The van der Waals surface area contributed by atoms with Crippen LogP contribution in [-0.2, 0) is 0 Å². The summed E-state index contributed by atoms with van der Waals surface area (Å²) in [5, 5.41) is 0. The Morgan fingerprint density at radius 1 is 1.17 bits per heavy atom. The van der Waals surface area contributed by atoms with Gasteiger partial charge < -0.3 is 0 Å². The lowest BCUT2D eigenvalue weighted by Gasteiger charge is -1.99. The van der Waals surface area contributed by atoms with Crippen LogP contribution in [0.15, 0.2) is 6.33 Å². The molecule has 2 aromatic heterocycles. The van der Waals surface area contributed by atoms with Crippen LogP contribution >= 0.6 is 0 Å². The normalized spacial score (nSPS) is 10.9. The van der Waals surface area contributed by atoms with Crippen molar-refractivity contribution >= 4 is 5.65 Å². The average molecular weight is 162 g/mol. The van der Waals surface area contributed by atoms with Crippen LogP contribution in [0.5, 0.6) is 0 Å². The number of hydrogen-bond acceptors (Lipinski definition) is 3. The van der Waals surface area contributed by atoms with Gasteiger partial charge in [0, 0.05) is 0 Å². The zero-order valence-corrected chi connectivity index (χ0v) is 7.37. The highest BCUT2D eigenvalue weighted by atomic mass is 15.1. The fourth-order valence-corrected chi connectivity index (χ4v) is 1.27. The highest BCUT2D eigenvalue weighted by Gasteiger charge is 2.03. The molecular weight excluding hydrogens is 152 g/mol. The summed E-state index contributed by atoms with van der Waals surface area (Å²) in [5.74, 6) is 1.72. The lowest BCUT2D eigenvalue weighted by Crippen LogP contribution is -1.99. The summed E-state index contributed by atoms with van der Waals surface area (Å²) in [6.45, 7) is 5.78. The van der Waals surface area contributed by atoms with Crippen LogP contribution in [0, 0.1) is 20.8 Å². The Morgan fingerprint density at radius 3 is 2.67 bits per heavy atom. The fraction of sp³-hybridized carbons (Fsp3) is 0.375. The number of fused-ring (bicyclic) bond motifs is 1. The number of imidazole rings is 1. The van der Waals surface area contributed by atoms with Crippen molar-refractivity contribution in [1.29, 1.82) is 0 Å². The largest absolute Gasteiger partial charge is 0.271 e. The van der Waals surface area contributed by atoms with Crippen LogP contribution in [0.2, 0.25) is 0 Å². The van der Waals surface area contributed by atoms with Gasteiger partial charge in [-0.15, -0.1) is 0 Å². The van der Waals surface area contributed by atoms with E-state index in [1.165, 1.54) is 0 Å². The molecule has 2 heterocycles. The van der Waals surface area contributed by atoms with E-state index in [-0.39, 0.29) is 0 Å². The van der Waals surface area contributed by atoms with Gasteiger partial charge in [-0.3, -0.25) is 4.40 Å². The van der Waals surface area contributed by atoms with Gasteiger partial charge in [-0.05, 0) is 20.8 Å². The summed E-state index contributed by atoms with van der Waals surface area (Å²) in [7, 11) is 0. The van der Waals surface area contributed by atoms with Crippen molar-refractivity contribution in [3.8, 4) is 0 Å². The van der Waals surface area contributed by atoms with E-state index in [0.29, 0.717) is 0 Å². The molecule has 0 aliphatic heterocycles. The third-order valence-corrected chi connectivity index (χ3v) is 1.86. The lowest BCUT2D eigenvalue weighted by molar-refractivity contribution is 0.899. The average Bonchev–Trinajstić information content (AvgIpc) is 2.33. The van der Waals surface area contributed by atoms with Crippen molar-refractivity contribution in [1.82, 2.24) is 19.4 Å². The molecule has 0 bridgehead atoms. The first-order valence-electron chi connectivity index (χ1n) is 3.83. The Kier molecular flexibility index (Phi) is 1.36. The molecule has 0 aromatic carbocycles. The first-order valence-corrected chi connectivity index (χ1v) is 3.83. The van der Waals surface area contributed by atoms with Gasteiger partial charge in [0.1, 0.15) is 18.0 Å². The van der Waals surface area contributed by atoms with Crippen molar-refractivity contribution in [3.63, 3.8) is 0 Å². The van der Waals surface area contributed by atoms with Gasteiger partial charge in [0.15, 0.2) is 5.65 Å². The molecule has 0 saturated heterocycles. The van der Waals surface area contributed by atoms with Crippen molar-refractivity contribution in [2.45, 2.75) is 20.8 Å². The monoisotopic (exact) mass is 162 g/mol. The topological polar surface area (TPSA) is 43.1 Å². The van der Waals surface area contributed by atoms with Crippen molar-refractivity contribution in [2.75, 3.05) is 0 Å². The number of rotatable bonds is 0. The zero-order chi connectivity index (χ0) is 8.72. The standard InChI is InChI=1S/C8H10N4/c1-5-8-11-6(2)10-7(3)12(8)4-9-5/h4H,1-3H3. The second-order valence-corrected chi connectivity index (χ2v) is 2.84. The molecule has 0 N–H and O–H groups in total. The summed E-state index contributed by atoms with van der Waals surface area (Å²) in [6.07, 6.45) is 1.75. The van der Waals surface area contributed by atoms with Crippen molar-refractivity contribution < 1.29 is 0 Å². The van der Waals surface area contributed by atoms with Crippen LogP contribution in [-0.4, -0.2) is 19.4 Å². The maximum Gasteiger partial charge on any atom is 0.162 e. The molecule has 0 spiro atoms. The van der Waals surface area contributed by atoms with E-state index in [1.807, 2.05) is 25.2 Å². The van der Waals surface area contributed by atoms with Gasteiger partial charge in [0.05, 0.1) is 5.69 Å². The minimum atomic E-state index is 0.795. The summed E-state index contributed by atoms with van der Waals surface area (Å²) in [5.41, 5.74) is 1.85. The third kappa shape index (κ3) is 0.879. The Balaban J connectivity index is 2.92. The number of nitrogens with zero attached hydrogens (tertiary/aromatic N) is 4. The van der Waals surface area contributed by atoms with E-state index >= 15 is 0 Å². The quantitative estimate of drug-likeness (QED) is 0.581. The predicted octanol–water partition coefficient (Wildman–Crippen LogP) is 1.05. The van der Waals surface area contributed by atoms with Crippen LogP contribution in [0.3, 0.4) is 0 Å². The first-order chi connectivity index (χ1) is 5.68. The van der Waals surface area contributed by atoms with E-state index < -0.39 is 0 Å². The third-order valence-electron chi connectivity index (χ3n) is 1.86. The molecule has 0 radical (unpaired) electrons. The minimum absolute atomic E-state index is 0.795. The summed E-state index contributed by atoms with van der Waals surface area (Å²) in [4.78, 5) is 12.7. The number of aromatic nitrogens is 4. The van der Waals surface area contributed by atoms with E-state index in [9.17, 15) is 0 Å². The van der Waals surface area contributed by atoms with Gasteiger partial charge in [-0.25, -0.2) is 15.0 Å². The van der Waals surface area contributed by atoms with Gasteiger partial charge in [0.25, 0.3) is 0 Å². The second kappa shape index (κ2) is 2.27. The first kappa shape index (κ1) is 7.21. The Labute approximate surface area is 70.3 Å². The SMILES string of the molecule is Cc1nc(C)n2cnc(C)c2n1. The van der Waals surface area contributed by atoms with Crippen LogP contribution in [0.4, 0.5) is 0 Å². The number of aryl methyl sites for hydroxylation is 3. The molecule has 62 valence electrons. The molecule has 0 amide bonds. The minimum Gasteiger partial charge on any atom is -0.271 e. The Morgan fingerprint density at radius 2 is 1.92 bits per heavy atom. The molecule has 12 heavy (non-hydrogen) atoms. The highest BCUT2D eigenvalue weighted by molar-refractivity contribution is 5.43. The molecule has 4 heteroatoms. The Bertz CT molecular complexity index is 430. The summed E-state index contributed by atoms with van der Waals surface area (Å²) in [6, 6.07) is 0. The molecule has 0 aliphatic carbocycles. The maximum atomic E-state index is 4.29. The van der Waals surface area contributed by atoms with Crippen molar-refractivity contribution in [2.24, 2.45) is 0 Å². The molecule has 0 saturated carbocycles. The van der Waals surface area contributed by atoms with Crippen LogP contribution in [0.1, 0.15) is 17.3 Å². The van der Waals surface area contributed by atoms with E-state index in [4.69, 9.17) is 0 Å². The van der Waals surface area contributed by atoms with Crippen LogP contribution < -0.4 is 0 Å². The molecule has 0 unspecified atom stereocenters. The number of hydrogen-bond donors (Lipinski definition) is 0. The summed E-state index contributed by atoms with van der Waals surface area (Å²) >= 11 is 0. The molecule has 4 nitrogen and oxygen atoms in total.